The fraction of sp³-hybridized carbons (Fsp3) is 0.538. The van der Waals surface area contributed by atoms with E-state index in [1.54, 1.807) is 18.3 Å². The molecule has 1 aromatic rings. The Bertz CT molecular complexity index is 466. The highest BCUT2D eigenvalue weighted by Crippen LogP contribution is 2.23. The molecular formula is C13H18N2O2. The molecule has 1 saturated heterocycles. The first-order valence-electron chi connectivity index (χ1n) is 6.10. The van der Waals surface area contributed by atoms with Gasteiger partial charge < -0.3 is 9.88 Å². The van der Waals surface area contributed by atoms with E-state index in [1.165, 1.54) is 0 Å². The summed E-state index contributed by atoms with van der Waals surface area (Å²) in [4.78, 5) is 28.2. The average Bonchev–Trinajstić information content (AvgIpc) is 2.32. The number of nitrogens with zero attached hydrogens (tertiary/aromatic N) is 1. The van der Waals surface area contributed by atoms with Gasteiger partial charge in [-0.05, 0) is 37.8 Å². The first kappa shape index (κ1) is 11.9. The van der Waals surface area contributed by atoms with Gasteiger partial charge in [0.15, 0.2) is 0 Å². The first-order chi connectivity index (χ1) is 8.11. The maximum absolute atomic E-state index is 12.3. The van der Waals surface area contributed by atoms with Crippen molar-refractivity contribution in [3.63, 3.8) is 0 Å². The van der Waals surface area contributed by atoms with Crippen LogP contribution in [0.25, 0.3) is 0 Å². The molecule has 2 atom stereocenters. The Morgan fingerprint density at radius 2 is 2.24 bits per heavy atom. The zero-order chi connectivity index (χ0) is 12.4. The van der Waals surface area contributed by atoms with Crippen LogP contribution in [0.4, 0.5) is 0 Å². The molecule has 1 N–H and O–H groups in total. The summed E-state index contributed by atoms with van der Waals surface area (Å²) in [7, 11) is 0. The van der Waals surface area contributed by atoms with Crippen molar-refractivity contribution in [2.24, 2.45) is 5.92 Å². The van der Waals surface area contributed by atoms with E-state index in [2.05, 4.69) is 18.8 Å². The Hall–Kier alpha value is -1.58. The van der Waals surface area contributed by atoms with Gasteiger partial charge in [-0.15, -0.1) is 0 Å². The molecule has 1 aliphatic rings. The number of likely N-dealkylation sites (tertiary alicyclic amines) is 1. The zero-order valence-electron chi connectivity index (χ0n) is 10.3. The number of H-pyrrole nitrogens is 1. The molecule has 2 rings (SSSR count). The monoisotopic (exact) mass is 234 g/mol. The molecule has 4 heteroatoms. The molecule has 0 aliphatic carbocycles. The van der Waals surface area contributed by atoms with E-state index in [-0.39, 0.29) is 23.1 Å². The molecular weight excluding hydrogens is 216 g/mol. The van der Waals surface area contributed by atoms with Crippen molar-refractivity contribution in [2.45, 2.75) is 32.7 Å². The molecule has 0 aromatic carbocycles. The van der Waals surface area contributed by atoms with E-state index in [0.717, 1.165) is 19.4 Å². The lowest BCUT2D eigenvalue weighted by Gasteiger charge is -2.37. The molecule has 1 fully saturated rings. The highest BCUT2D eigenvalue weighted by Gasteiger charge is 2.29. The van der Waals surface area contributed by atoms with Crippen molar-refractivity contribution in [1.29, 1.82) is 0 Å². The number of aromatic amines is 1. The lowest BCUT2D eigenvalue weighted by molar-refractivity contribution is 0.0549. The third-order valence-electron chi connectivity index (χ3n) is 3.68. The van der Waals surface area contributed by atoms with Crippen molar-refractivity contribution < 1.29 is 4.79 Å². The van der Waals surface area contributed by atoms with E-state index in [9.17, 15) is 9.59 Å². The Labute approximate surface area is 101 Å². The number of piperidine rings is 1. The van der Waals surface area contributed by atoms with Crippen LogP contribution in [0.1, 0.15) is 37.0 Å². The second-order valence-corrected chi connectivity index (χ2v) is 4.77. The molecule has 0 bridgehead atoms. The summed E-state index contributed by atoms with van der Waals surface area (Å²) in [5, 5.41) is 0. The second-order valence-electron chi connectivity index (χ2n) is 4.77. The van der Waals surface area contributed by atoms with Crippen LogP contribution in [0.2, 0.25) is 0 Å². The lowest BCUT2D eigenvalue weighted by atomic mass is 9.91. The quantitative estimate of drug-likeness (QED) is 0.803. The topological polar surface area (TPSA) is 53.2 Å². The molecule has 0 saturated carbocycles. The van der Waals surface area contributed by atoms with Crippen molar-refractivity contribution in [1.82, 2.24) is 9.88 Å². The summed E-state index contributed by atoms with van der Waals surface area (Å²) >= 11 is 0. The van der Waals surface area contributed by atoms with Crippen molar-refractivity contribution in [2.75, 3.05) is 6.54 Å². The van der Waals surface area contributed by atoms with Gasteiger partial charge in [-0.3, -0.25) is 9.59 Å². The van der Waals surface area contributed by atoms with Crippen LogP contribution >= 0.6 is 0 Å². The largest absolute Gasteiger partial charge is 0.336 e. The van der Waals surface area contributed by atoms with Gasteiger partial charge >= 0.3 is 0 Å². The maximum Gasteiger partial charge on any atom is 0.260 e. The van der Waals surface area contributed by atoms with Gasteiger partial charge in [-0.1, -0.05) is 6.92 Å². The molecule has 2 heterocycles. The Kier molecular flexibility index (Phi) is 3.31. The third kappa shape index (κ3) is 2.25. The lowest BCUT2D eigenvalue weighted by Crippen LogP contribution is -2.47. The van der Waals surface area contributed by atoms with Gasteiger partial charge in [0.2, 0.25) is 0 Å². The Morgan fingerprint density at radius 1 is 1.47 bits per heavy atom. The molecule has 0 radical (unpaired) electrons. The van der Waals surface area contributed by atoms with Gasteiger partial charge in [0, 0.05) is 18.8 Å². The minimum Gasteiger partial charge on any atom is -0.336 e. The van der Waals surface area contributed by atoms with Gasteiger partial charge in [0.05, 0.1) is 0 Å². The molecule has 0 spiro atoms. The number of carbonyl (C=O) groups excluding carboxylic acids is 1. The fourth-order valence-corrected chi connectivity index (χ4v) is 2.37. The number of nitrogens with one attached hydrogen (secondary N) is 1. The summed E-state index contributed by atoms with van der Waals surface area (Å²) in [5.41, 5.74) is -0.0589. The predicted octanol–water partition coefficient (Wildman–Crippen LogP) is 1.64. The van der Waals surface area contributed by atoms with Gasteiger partial charge in [-0.25, -0.2) is 0 Å². The first-order valence-corrected chi connectivity index (χ1v) is 6.10. The summed E-state index contributed by atoms with van der Waals surface area (Å²) < 4.78 is 0. The SMILES string of the molecule is CC1CCCN(C(=O)c2ccc[nH]c2=O)C1C. The summed E-state index contributed by atoms with van der Waals surface area (Å²) in [6.07, 6.45) is 3.71. The number of carbonyl (C=O) groups is 1. The minimum absolute atomic E-state index is 0.147. The standard InChI is InChI=1S/C13H18N2O2/c1-9-5-4-8-15(10(9)2)13(17)11-6-3-7-14-12(11)16/h3,6-7,9-10H,4-5,8H2,1-2H3,(H,14,16). The predicted molar refractivity (Wildman–Crippen MR) is 66.0 cm³/mol. The molecule has 17 heavy (non-hydrogen) atoms. The Balaban J connectivity index is 2.26. The third-order valence-corrected chi connectivity index (χ3v) is 3.68. The normalized spacial score (nSPS) is 24.7. The van der Waals surface area contributed by atoms with E-state index in [4.69, 9.17) is 0 Å². The van der Waals surface area contributed by atoms with Crippen LogP contribution in [0.3, 0.4) is 0 Å². The number of rotatable bonds is 1. The minimum atomic E-state index is -0.303. The molecule has 1 aromatic heterocycles. The van der Waals surface area contributed by atoms with Crippen LogP contribution < -0.4 is 5.56 Å². The van der Waals surface area contributed by atoms with Crippen LogP contribution in [0, 0.1) is 5.92 Å². The van der Waals surface area contributed by atoms with Crippen LogP contribution in [-0.2, 0) is 0 Å². The van der Waals surface area contributed by atoms with Crippen LogP contribution in [0.15, 0.2) is 23.1 Å². The van der Waals surface area contributed by atoms with Crippen LogP contribution in [-0.4, -0.2) is 28.4 Å². The highest BCUT2D eigenvalue weighted by atomic mass is 16.2. The molecule has 1 amide bonds. The molecule has 4 nitrogen and oxygen atoms in total. The molecule has 2 unspecified atom stereocenters. The van der Waals surface area contributed by atoms with Crippen molar-refractivity contribution in [3.8, 4) is 0 Å². The number of hydrogen-bond donors (Lipinski definition) is 1. The number of hydrogen-bond acceptors (Lipinski definition) is 2. The van der Waals surface area contributed by atoms with E-state index in [1.807, 2.05) is 4.90 Å². The zero-order valence-corrected chi connectivity index (χ0v) is 10.3. The number of aromatic nitrogens is 1. The molecule has 1 aliphatic heterocycles. The van der Waals surface area contributed by atoms with Crippen molar-refractivity contribution >= 4 is 5.91 Å². The number of pyridine rings is 1. The smallest absolute Gasteiger partial charge is 0.260 e. The van der Waals surface area contributed by atoms with Gasteiger partial charge in [-0.2, -0.15) is 0 Å². The van der Waals surface area contributed by atoms with E-state index >= 15 is 0 Å². The van der Waals surface area contributed by atoms with E-state index < -0.39 is 0 Å². The summed E-state index contributed by atoms with van der Waals surface area (Å²) in [6, 6.07) is 3.48. The van der Waals surface area contributed by atoms with Crippen LogP contribution in [0.5, 0.6) is 0 Å². The maximum atomic E-state index is 12.3. The van der Waals surface area contributed by atoms with Crippen molar-refractivity contribution in [3.05, 3.63) is 34.2 Å². The highest BCUT2D eigenvalue weighted by molar-refractivity contribution is 5.94. The van der Waals surface area contributed by atoms with Gasteiger partial charge in [0.25, 0.3) is 11.5 Å². The number of amides is 1. The Morgan fingerprint density at radius 3 is 2.94 bits per heavy atom. The van der Waals surface area contributed by atoms with E-state index in [0.29, 0.717) is 5.92 Å². The average molecular weight is 234 g/mol. The fourth-order valence-electron chi connectivity index (χ4n) is 2.37. The molecule has 92 valence electrons. The summed E-state index contributed by atoms with van der Waals surface area (Å²) in [6.45, 7) is 4.96. The summed E-state index contributed by atoms with van der Waals surface area (Å²) in [5.74, 6) is 0.349. The van der Waals surface area contributed by atoms with Gasteiger partial charge in [0.1, 0.15) is 5.56 Å². The second kappa shape index (κ2) is 4.73.